The zero-order chi connectivity index (χ0) is 22.1. The van der Waals surface area contributed by atoms with Gasteiger partial charge in [0, 0.05) is 11.1 Å². The maximum absolute atomic E-state index is 13.3. The molecular formula is C21H25BrN4O3S. The summed E-state index contributed by atoms with van der Waals surface area (Å²) in [5.41, 5.74) is 2.99. The van der Waals surface area contributed by atoms with E-state index in [9.17, 15) is 4.79 Å². The molecule has 0 atom stereocenters. The third-order valence-electron chi connectivity index (χ3n) is 3.85. The predicted octanol–water partition coefficient (Wildman–Crippen LogP) is 5.43. The van der Waals surface area contributed by atoms with Crippen LogP contribution in [-0.2, 0) is 4.79 Å². The highest BCUT2D eigenvalue weighted by molar-refractivity contribution is 9.10. The van der Waals surface area contributed by atoms with Gasteiger partial charge in [0.25, 0.3) is 11.1 Å². The van der Waals surface area contributed by atoms with Crippen molar-refractivity contribution in [1.82, 2.24) is 15.2 Å². The van der Waals surface area contributed by atoms with Crippen molar-refractivity contribution in [3.05, 3.63) is 51.8 Å². The zero-order valence-electron chi connectivity index (χ0n) is 17.7. The van der Waals surface area contributed by atoms with Crippen LogP contribution in [0, 0.1) is 0 Å². The van der Waals surface area contributed by atoms with Gasteiger partial charge in [0.05, 0.1) is 20.4 Å². The van der Waals surface area contributed by atoms with E-state index in [1.165, 1.54) is 7.11 Å². The van der Waals surface area contributed by atoms with Crippen molar-refractivity contribution in [2.75, 3.05) is 19.5 Å². The highest BCUT2D eigenvalue weighted by Gasteiger charge is 2.19. The first-order valence-electron chi connectivity index (χ1n) is 9.34. The molecule has 30 heavy (non-hydrogen) atoms. The summed E-state index contributed by atoms with van der Waals surface area (Å²) >= 11 is 4.57. The lowest BCUT2D eigenvalue weighted by atomic mass is 9.96. The number of hydrogen-bond acceptors (Lipinski definition) is 7. The fourth-order valence-electron chi connectivity index (χ4n) is 2.54. The Morgan fingerprint density at radius 1 is 1.27 bits per heavy atom. The molecule has 7 nitrogen and oxygen atoms in total. The molecule has 2 aromatic rings. The number of pyridine rings is 1. The molecule has 0 saturated carbocycles. The second-order valence-corrected chi connectivity index (χ2v) is 8.23. The molecule has 0 saturated heterocycles. The van der Waals surface area contributed by atoms with Crippen LogP contribution in [0.4, 0.5) is 5.13 Å². The van der Waals surface area contributed by atoms with Gasteiger partial charge in [-0.15, -0.1) is 5.10 Å². The third-order valence-corrected chi connectivity index (χ3v) is 5.09. The van der Waals surface area contributed by atoms with E-state index < -0.39 is 0 Å². The van der Waals surface area contributed by atoms with Gasteiger partial charge in [-0.05, 0) is 59.2 Å². The minimum absolute atomic E-state index is 0.302. The molecule has 0 fully saturated rings. The molecule has 0 aliphatic carbocycles. The monoisotopic (exact) mass is 492 g/mol. The Kier molecular flexibility index (Phi) is 9.19. The molecule has 9 heteroatoms. The van der Waals surface area contributed by atoms with Crippen LogP contribution in [0.5, 0.6) is 10.9 Å². The van der Waals surface area contributed by atoms with E-state index in [1.54, 1.807) is 13.3 Å². The van der Waals surface area contributed by atoms with E-state index in [1.807, 2.05) is 38.1 Å². The van der Waals surface area contributed by atoms with Crippen LogP contribution in [0.3, 0.4) is 0 Å². The molecule has 1 N–H and O–H groups in total. The number of carbonyl (C=O) groups is 1. The van der Waals surface area contributed by atoms with Crippen molar-refractivity contribution >= 4 is 43.9 Å². The maximum Gasteiger partial charge on any atom is 0.295 e. The molecule has 1 amide bonds. The Hall–Kier alpha value is -2.52. The lowest BCUT2D eigenvalue weighted by Gasteiger charge is -2.14. The molecule has 160 valence electrons. The summed E-state index contributed by atoms with van der Waals surface area (Å²) < 4.78 is 11.2. The van der Waals surface area contributed by atoms with Crippen LogP contribution in [-0.4, -0.2) is 35.3 Å². The molecule has 0 aliphatic heterocycles. The summed E-state index contributed by atoms with van der Waals surface area (Å²) in [6.45, 7) is 6.04. The number of nitrogens with one attached hydrogen (secondary N) is 1. The number of unbranched alkanes of at least 4 members (excludes halogenated alkanes) is 1. The van der Waals surface area contributed by atoms with Gasteiger partial charge >= 0.3 is 0 Å². The van der Waals surface area contributed by atoms with Crippen LogP contribution in [0.25, 0.3) is 5.57 Å². The first-order chi connectivity index (χ1) is 14.4. The molecule has 0 aliphatic rings. The fraction of sp³-hybridized carbons (Fsp3) is 0.333. The number of aromatic nitrogens is 3. The number of allylic oxidation sites excluding steroid dienone is 4. The fourth-order valence-corrected chi connectivity index (χ4v) is 3.43. The maximum atomic E-state index is 13.3. The topological polar surface area (TPSA) is 86.2 Å². The number of nitrogens with zero attached hydrogens (tertiary/aromatic N) is 3. The summed E-state index contributed by atoms with van der Waals surface area (Å²) in [6, 6.07) is 1.84. The normalized spacial score (nSPS) is 11.8. The molecule has 2 aromatic heterocycles. The number of methoxy groups -OCH3 is 2. The summed E-state index contributed by atoms with van der Waals surface area (Å²) in [4.78, 5) is 17.5. The van der Waals surface area contributed by atoms with Gasteiger partial charge in [-0.2, -0.15) is 0 Å². The molecule has 0 unspecified atom stereocenters. The van der Waals surface area contributed by atoms with E-state index in [0.717, 1.165) is 40.9 Å². The first-order valence-corrected chi connectivity index (χ1v) is 10.9. The average molecular weight is 493 g/mol. The number of halogens is 1. The minimum Gasteiger partial charge on any atom is -0.494 e. The Morgan fingerprint density at radius 2 is 2.03 bits per heavy atom. The summed E-state index contributed by atoms with van der Waals surface area (Å²) in [6.07, 6.45) is 9.22. The second kappa shape index (κ2) is 11.6. The van der Waals surface area contributed by atoms with E-state index in [2.05, 4.69) is 43.4 Å². The number of carbonyl (C=O) groups excluding carboxylic acids is 1. The highest BCUT2D eigenvalue weighted by atomic mass is 79.9. The number of ether oxygens (including phenoxy) is 2. The van der Waals surface area contributed by atoms with Crippen LogP contribution < -0.4 is 14.8 Å². The van der Waals surface area contributed by atoms with E-state index in [0.29, 0.717) is 26.3 Å². The van der Waals surface area contributed by atoms with Gasteiger partial charge in [0.15, 0.2) is 0 Å². The lowest BCUT2D eigenvalue weighted by molar-refractivity contribution is -0.112. The standard InChI is InChI=1S/C21H25BrN4O3S/c1-6-7-8-9-14(19(27)24-20-25-26-21(29-5)30-20)15(10-13(2)3)16-11-18(22)23-12-17(16)28-4/h8-12H,6-7H2,1-5H3,(H,24,25,27)/b9-8+,15-14-. The van der Waals surface area contributed by atoms with Gasteiger partial charge in [-0.3, -0.25) is 10.1 Å². The van der Waals surface area contributed by atoms with Crippen molar-refractivity contribution in [3.63, 3.8) is 0 Å². The van der Waals surface area contributed by atoms with Crippen LogP contribution in [0.15, 0.2) is 46.2 Å². The van der Waals surface area contributed by atoms with Crippen LogP contribution in [0.1, 0.15) is 39.2 Å². The summed E-state index contributed by atoms with van der Waals surface area (Å²) in [5.74, 6) is 0.265. The number of amides is 1. The Bertz CT molecular complexity index is 978. The van der Waals surface area contributed by atoms with E-state index in [-0.39, 0.29) is 5.91 Å². The van der Waals surface area contributed by atoms with Crippen LogP contribution >= 0.6 is 27.3 Å². The lowest BCUT2D eigenvalue weighted by Crippen LogP contribution is -2.15. The smallest absolute Gasteiger partial charge is 0.295 e. The quantitative estimate of drug-likeness (QED) is 0.285. The Morgan fingerprint density at radius 3 is 2.63 bits per heavy atom. The van der Waals surface area contributed by atoms with Crippen molar-refractivity contribution in [3.8, 4) is 10.9 Å². The van der Waals surface area contributed by atoms with Crippen molar-refractivity contribution < 1.29 is 14.3 Å². The first kappa shape index (κ1) is 23.8. The summed E-state index contributed by atoms with van der Waals surface area (Å²) in [7, 11) is 3.08. The SMILES string of the molecule is CCC/C=C/C(C(=O)Nc1nnc(OC)s1)=C(\C=C(C)C)c1cc(Br)ncc1OC. The van der Waals surface area contributed by atoms with Crippen molar-refractivity contribution in [2.45, 2.75) is 33.6 Å². The van der Waals surface area contributed by atoms with Gasteiger partial charge in [-0.1, -0.05) is 42.2 Å². The largest absolute Gasteiger partial charge is 0.494 e. The predicted molar refractivity (Wildman–Crippen MR) is 124 cm³/mol. The molecular weight excluding hydrogens is 468 g/mol. The molecule has 2 rings (SSSR count). The average Bonchev–Trinajstić information content (AvgIpc) is 3.17. The molecule has 0 radical (unpaired) electrons. The van der Waals surface area contributed by atoms with E-state index >= 15 is 0 Å². The molecule has 2 heterocycles. The second-order valence-electron chi connectivity index (χ2n) is 6.48. The number of hydrogen-bond donors (Lipinski definition) is 1. The zero-order valence-corrected chi connectivity index (χ0v) is 20.1. The number of anilines is 1. The van der Waals surface area contributed by atoms with Gasteiger partial charge in [-0.25, -0.2) is 4.98 Å². The summed E-state index contributed by atoms with van der Waals surface area (Å²) in [5, 5.41) is 11.4. The van der Waals surface area contributed by atoms with E-state index in [4.69, 9.17) is 9.47 Å². The number of rotatable bonds is 9. The highest BCUT2D eigenvalue weighted by Crippen LogP contribution is 2.33. The van der Waals surface area contributed by atoms with Crippen molar-refractivity contribution in [2.24, 2.45) is 0 Å². The third kappa shape index (κ3) is 6.50. The molecule has 0 aromatic carbocycles. The van der Waals surface area contributed by atoms with Gasteiger partial charge in [0.1, 0.15) is 10.4 Å². The minimum atomic E-state index is -0.302. The van der Waals surface area contributed by atoms with Gasteiger partial charge < -0.3 is 9.47 Å². The molecule has 0 spiro atoms. The Labute approximate surface area is 189 Å². The van der Waals surface area contributed by atoms with Gasteiger partial charge in [0.2, 0.25) is 5.13 Å². The molecule has 0 bridgehead atoms. The van der Waals surface area contributed by atoms with Crippen molar-refractivity contribution in [1.29, 1.82) is 0 Å². The van der Waals surface area contributed by atoms with Crippen LogP contribution in [0.2, 0.25) is 0 Å². The Balaban J connectivity index is 2.65.